The summed E-state index contributed by atoms with van der Waals surface area (Å²) in [5.41, 5.74) is 5.14. The van der Waals surface area contributed by atoms with Crippen molar-refractivity contribution in [1.82, 2.24) is 0 Å². The Labute approximate surface area is 93.5 Å². The predicted octanol–water partition coefficient (Wildman–Crippen LogP) is 2.58. The van der Waals surface area contributed by atoms with Gasteiger partial charge in [-0.05, 0) is 37.9 Å². The van der Waals surface area contributed by atoms with Crippen LogP contribution in [0.1, 0.15) is 35.2 Å². The molecule has 1 aromatic rings. The van der Waals surface area contributed by atoms with Crippen molar-refractivity contribution in [2.75, 3.05) is 6.54 Å². The number of carbonyl (C=O) groups is 1. The third-order valence-electron chi connectivity index (χ3n) is 2.42. The van der Waals surface area contributed by atoms with Gasteiger partial charge in [-0.1, -0.05) is 6.07 Å². The van der Waals surface area contributed by atoms with Gasteiger partial charge in [-0.2, -0.15) is 0 Å². The van der Waals surface area contributed by atoms with Crippen molar-refractivity contribution in [1.29, 1.82) is 0 Å². The zero-order valence-electron chi connectivity index (χ0n) is 9.22. The summed E-state index contributed by atoms with van der Waals surface area (Å²) in [5, 5.41) is 0. The molecule has 1 aromatic carbocycles. The van der Waals surface area contributed by atoms with E-state index in [-0.39, 0.29) is 12.0 Å². The van der Waals surface area contributed by atoms with E-state index in [4.69, 9.17) is 5.73 Å². The first kappa shape index (κ1) is 12.8. The molecule has 0 aliphatic rings. The standard InChI is InChI=1S/C12H15F2NO/c1-8-5-6-9(13)11(12(8)14)10(16)4-2-3-7-15/h5-6H,2-4,7,15H2,1H3. The maximum absolute atomic E-state index is 13.5. The third kappa shape index (κ3) is 2.85. The number of rotatable bonds is 5. The second-order valence-electron chi connectivity index (χ2n) is 3.72. The highest BCUT2D eigenvalue weighted by molar-refractivity contribution is 5.96. The summed E-state index contributed by atoms with van der Waals surface area (Å²) in [6, 6.07) is 2.44. The van der Waals surface area contributed by atoms with Crippen molar-refractivity contribution in [2.24, 2.45) is 5.73 Å². The van der Waals surface area contributed by atoms with Gasteiger partial charge in [-0.15, -0.1) is 0 Å². The van der Waals surface area contributed by atoms with Gasteiger partial charge < -0.3 is 5.73 Å². The molecular weight excluding hydrogens is 212 g/mol. The summed E-state index contributed by atoms with van der Waals surface area (Å²) in [6.07, 6.45) is 1.37. The van der Waals surface area contributed by atoms with E-state index in [9.17, 15) is 13.6 Å². The second-order valence-corrected chi connectivity index (χ2v) is 3.72. The smallest absolute Gasteiger partial charge is 0.168 e. The molecule has 0 aliphatic heterocycles. The molecule has 0 bridgehead atoms. The Morgan fingerprint density at radius 3 is 2.62 bits per heavy atom. The average molecular weight is 227 g/mol. The van der Waals surface area contributed by atoms with Crippen molar-refractivity contribution in [3.05, 3.63) is 34.9 Å². The van der Waals surface area contributed by atoms with Crippen LogP contribution in [0, 0.1) is 18.6 Å². The van der Waals surface area contributed by atoms with Crippen LogP contribution in [-0.4, -0.2) is 12.3 Å². The van der Waals surface area contributed by atoms with Crippen LogP contribution in [0.4, 0.5) is 8.78 Å². The van der Waals surface area contributed by atoms with Crippen LogP contribution in [0.3, 0.4) is 0 Å². The second kappa shape index (κ2) is 5.70. The highest BCUT2D eigenvalue weighted by Crippen LogP contribution is 2.18. The Kier molecular flexibility index (Phi) is 4.55. The summed E-state index contributed by atoms with van der Waals surface area (Å²) in [6.45, 7) is 1.98. The molecule has 2 nitrogen and oxygen atoms in total. The lowest BCUT2D eigenvalue weighted by Gasteiger charge is -2.06. The van der Waals surface area contributed by atoms with E-state index < -0.39 is 23.0 Å². The topological polar surface area (TPSA) is 43.1 Å². The molecule has 0 unspecified atom stereocenters. The van der Waals surface area contributed by atoms with Crippen LogP contribution < -0.4 is 5.73 Å². The average Bonchev–Trinajstić information content (AvgIpc) is 2.24. The van der Waals surface area contributed by atoms with Crippen molar-refractivity contribution in [2.45, 2.75) is 26.2 Å². The molecule has 0 amide bonds. The Morgan fingerprint density at radius 2 is 2.00 bits per heavy atom. The SMILES string of the molecule is Cc1ccc(F)c(C(=O)CCCCN)c1F. The molecule has 0 fully saturated rings. The highest BCUT2D eigenvalue weighted by Gasteiger charge is 2.18. The number of aryl methyl sites for hydroxylation is 1. The summed E-state index contributed by atoms with van der Waals surface area (Å²) in [5.74, 6) is -2.04. The Hall–Kier alpha value is -1.29. The number of halogens is 2. The van der Waals surface area contributed by atoms with Crippen LogP contribution in [0.15, 0.2) is 12.1 Å². The lowest BCUT2D eigenvalue weighted by Crippen LogP contribution is -2.08. The molecule has 0 spiro atoms. The van der Waals surface area contributed by atoms with Gasteiger partial charge in [-0.25, -0.2) is 8.78 Å². The van der Waals surface area contributed by atoms with E-state index in [0.717, 1.165) is 6.07 Å². The van der Waals surface area contributed by atoms with Crippen molar-refractivity contribution in [3.63, 3.8) is 0 Å². The normalized spacial score (nSPS) is 10.5. The van der Waals surface area contributed by atoms with Gasteiger partial charge in [-0.3, -0.25) is 4.79 Å². The van der Waals surface area contributed by atoms with Gasteiger partial charge in [0.2, 0.25) is 0 Å². The van der Waals surface area contributed by atoms with Crippen LogP contribution in [0.2, 0.25) is 0 Å². The number of nitrogens with two attached hydrogens (primary N) is 1. The van der Waals surface area contributed by atoms with Gasteiger partial charge in [0.15, 0.2) is 5.78 Å². The molecule has 4 heteroatoms. The van der Waals surface area contributed by atoms with Crippen molar-refractivity contribution in [3.8, 4) is 0 Å². The van der Waals surface area contributed by atoms with Crippen LogP contribution in [-0.2, 0) is 0 Å². The van der Waals surface area contributed by atoms with Gasteiger partial charge >= 0.3 is 0 Å². The lowest BCUT2D eigenvalue weighted by molar-refractivity contribution is 0.0971. The number of ketones is 1. The van der Waals surface area contributed by atoms with E-state index in [1.807, 2.05) is 0 Å². The molecule has 2 N–H and O–H groups in total. The lowest BCUT2D eigenvalue weighted by atomic mass is 10.0. The van der Waals surface area contributed by atoms with Crippen LogP contribution >= 0.6 is 0 Å². The summed E-state index contributed by atoms with van der Waals surface area (Å²) in [7, 11) is 0. The van der Waals surface area contributed by atoms with Crippen LogP contribution in [0.5, 0.6) is 0 Å². The predicted molar refractivity (Wildman–Crippen MR) is 58.3 cm³/mol. The molecule has 0 radical (unpaired) electrons. The van der Waals surface area contributed by atoms with E-state index in [1.54, 1.807) is 0 Å². The summed E-state index contributed by atoms with van der Waals surface area (Å²) in [4.78, 5) is 11.6. The van der Waals surface area contributed by atoms with E-state index in [2.05, 4.69) is 0 Å². The molecule has 88 valence electrons. The Balaban J connectivity index is 2.86. The zero-order chi connectivity index (χ0) is 12.1. The maximum Gasteiger partial charge on any atom is 0.168 e. The van der Waals surface area contributed by atoms with E-state index >= 15 is 0 Å². The van der Waals surface area contributed by atoms with Gasteiger partial charge in [0, 0.05) is 6.42 Å². The number of Topliss-reactive ketones (excluding diaryl/α,β-unsaturated/α-hetero) is 1. The van der Waals surface area contributed by atoms with Gasteiger partial charge in [0.05, 0.1) is 5.56 Å². The first-order valence-corrected chi connectivity index (χ1v) is 5.25. The molecule has 0 heterocycles. The first-order valence-electron chi connectivity index (χ1n) is 5.25. The third-order valence-corrected chi connectivity index (χ3v) is 2.42. The minimum Gasteiger partial charge on any atom is -0.330 e. The molecule has 0 aliphatic carbocycles. The monoisotopic (exact) mass is 227 g/mol. The minimum atomic E-state index is -0.791. The van der Waals surface area contributed by atoms with E-state index in [1.165, 1.54) is 13.0 Å². The highest BCUT2D eigenvalue weighted by atomic mass is 19.1. The number of hydrogen-bond donors (Lipinski definition) is 1. The van der Waals surface area contributed by atoms with Crippen molar-refractivity contribution < 1.29 is 13.6 Å². The van der Waals surface area contributed by atoms with Gasteiger partial charge in [0.25, 0.3) is 0 Å². The molecule has 0 aromatic heterocycles. The molecule has 16 heavy (non-hydrogen) atoms. The number of hydrogen-bond acceptors (Lipinski definition) is 2. The Bertz CT molecular complexity index is 391. The number of carbonyl (C=O) groups excluding carboxylic acids is 1. The molecule has 1 rings (SSSR count). The van der Waals surface area contributed by atoms with Gasteiger partial charge in [0.1, 0.15) is 11.6 Å². The molecule has 0 atom stereocenters. The largest absolute Gasteiger partial charge is 0.330 e. The summed E-state index contributed by atoms with van der Waals surface area (Å²) < 4.78 is 26.8. The number of unbranched alkanes of at least 4 members (excludes halogenated alkanes) is 1. The summed E-state index contributed by atoms with van der Waals surface area (Å²) >= 11 is 0. The number of benzene rings is 1. The fraction of sp³-hybridized carbons (Fsp3) is 0.417. The molecule has 0 saturated heterocycles. The zero-order valence-corrected chi connectivity index (χ0v) is 9.22. The maximum atomic E-state index is 13.5. The Morgan fingerprint density at radius 1 is 1.31 bits per heavy atom. The molecule has 0 saturated carbocycles. The molecular formula is C12H15F2NO. The minimum absolute atomic E-state index is 0.133. The first-order chi connectivity index (χ1) is 7.57. The fourth-order valence-electron chi connectivity index (χ4n) is 1.47. The fourth-order valence-corrected chi connectivity index (χ4v) is 1.47. The quantitative estimate of drug-likeness (QED) is 0.620. The van der Waals surface area contributed by atoms with Crippen molar-refractivity contribution >= 4 is 5.78 Å². The van der Waals surface area contributed by atoms with Crippen LogP contribution in [0.25, 0.3) is 0 Å². The van der Waals surface area contributed by atoms with E-state index in [0.29, 0.717) is 19.4 Å².